The Balaban J connectivity index is 2.60. The minimum atomic E-state index is -0.815. The molecule has 1 heterocycles. The minimum absolute atomic E-state index is 0.0167. The van der Waals surface area contributed by atoms with E-state index >= 15 is 0 Å². The Hall–Kier alpha value is -0.190. The Morgan fingerprint density at radius 1 is 0.667 bits per heavy atom. The zero-order valence-electron chi connectivity index (χ0n) is 17.1. The Morgan fingerprint density at radius 2 is 1.10 bits per heavy atom. The number of halogens is 3. The number of hydrogen-bond acceptors (Lipinski definition) is 7. The highest BCUT2D eigenvalue weighted by Gasteiger charge is 2.38. The molecule has 0 saturated carbocycles. The first-order valence-electron chi connectivity index (χ1n) is 10.4. The standard InChI is InChI=1S/C20H31Br3O7/c21-10-4-1-7-17(24)28-15-13-20(30-19(26)9-3-6-12-23)27-14-16(15)29-18(25)8-2-5-11-22/h15-16,20H,1-14H2/t15-,16+,20?/m0/s1. The van der Waals surface area contributed by atoms with Gasteiger partial charge in [-0.25, -0.2) is 0 Å². The molecule has 0 radical (unpaired) electrons. The SMILES string of the molecule is O=C(CCCCBr)OC1C[C@H](OC(=O)CCCCBr)[C@H](OC(=O)CCCCBr)CO1. The monoisotopic (exact) mass is 620 g/mol. The maximum Gasteiger partial charge on any atom is 0.308 e. The summed E-state index contributed by atoms with van der Waals surface area (Å²) < 4.78 is 22.0. The normalized spacial score (nSPS) is 21.1. The largest absolute Gasteiger partial charge is 0.458 e. The molecule has 0 aromatic carbocycles. The fraction of sp³-hybridized carbons (Fsp3) is 0.850. The van der Waals surface area contributed by atoms with Crippen molar-refractivity contribution in [2.75, 3.05) is 22.6 Å². The van der Waals surface area contributed by atoms with Gasteiger partial charge < -0.3 is 18.9 Å². The Labute approximate surface area is 203 Å². The number of esters is 3. The molecule has 0 amide bonds. The van der Waals surface area contributed by atoms with Gasteiger partial charge >= 0.3 is 17.9 Å². The fourth-order valence-electron chi connectivity index (χ4n) is 2.79. The van der Waals surface area contributed by atoms with E-state index in [1.54, 1.807) is 0 Å². The van der Waals surface area contributed by atoms with E-state index in [9.17, 15) is 14.4 Å². The number of hydrogen-bond donors (Lipinski definition) is 0. The molecule has 0 spiro atoms. The molecule has 0 aromatic heterocycles. The third kappa shape index (κ3) is 12.6. The van der Waals surface area contributed by atoms with Crippen molar-refractivity contribution in [1.82, 2.24) is 0 Å². The lowest BCUT2D eigenvalue weighted by atomic mass is 10.1. The van der Waals surface area contributed by atoms with Crippen LogP contribution in [0.4, 0.5) is 0 Å². The smallest absolute Gasteiger partial charge is 0.308 e. The maximum atomic E-state index is 12.2. The summed E-state index contributed by atoms with van der Waals surface area (Å²) in [5.41, 5.74) is 0. The average molecular weight is 623 g/mol. The van der Waals surface area contributed by atoms with Gasteiger partial charge in [-0.2, -0.15) is 0 Å². The summed E-state index contributed by atoms with van der Waals surface area (Å²) in [5.74, 6) is -1.06. The van der Waals surface area contributed by atoms with Crippen LogP contribution in [0.5, 0.6) is 0 Å². The predicted molar refractivity (Wildman–Crippen MR) is 123 cm³/mol. The lowest BCUT2D eigenvalue weighted by Gasteiger charge is -2.34. The highest BCUT2D eigenvalue weighted by atomic mass is 79.9. The lowest BCUT2D eigenvalue weighted by molar-refractivity contribution is -0.230. The van der Waals surface area contributed by atoms with Crippen LogP contribution in [0.3, 0.4) is 0 Å². The van der Waals surface area contributed by atoms with E-state index in [1.165, 1.54) is 0 Å². The summed E-state index contributed by atoms with van der Waals surface area (Å²) in [7, 11) is 0. The molecule has 0 aliphatic carbocycles. The van der Waals surface area contributed by atoms with E-state index in [4.69, 9.17) is 18.9 Å². The van der Waals surface area contributed by atoms with E-state index in [0.29, 0.717) is 25.7 Å². The zero-order valence-corrected chi connectivity index (χ0v) is 21.9. The van der Waals surface area contributed by atoms with E-state index < -0.39 is 18.5 Å². The lowest BCUT2D eigenvalue weighted by Crippen LogP contribution is -2.47. The molecule has 0 aromatic rings. The van der Waals surface area contributed by atoms with E-state index in [-0.39, 0.29) is 37.4 Å². The van der Waals surface area contributed by atoms with Crippen LogP contribution >= 0.6 is 47.8 Å². The van der Waals surface area contributed by atoms with Gasteiger partial charge in [-0.3, -0.25) is 14.4 Å². The molecule has 1 unspecified atom stereocenters. The Bertz CT molecular complexity index is 519. The second-order valence-electron chi connectivity index (χ2n) is 6.98. The van der Waals surface area contributed by atoms with Gasteiger partial charge in [0.25, 0.3) is 0 Å². The molecule has 7 nitrogen and oxygen atoms in total. The maximum absolute atomic E-state index is 12.2. The summed E-state index contributed by atoms with van der Waals surface area (Å²) in [4.78, 5) is 36.3. The van der Waals surface area contributed by atoms with Crippen molar-refractivity contribution in [1.29, 1.82) is 0 Å². The molecule has 174 valence electrons. The molecule has 1 aliphatic heterocycles. The first-order valence-corrected chi connectivity index (χ1v) is 13.7. The molecule has 1 fully saturated rings. The number of alkyl halides is 3. The third-order valence-corrected chi connectivity index (χ3v) is 6.09. The van der Waals surface area contributed by atoms with Gasteiger partial charge in [-0.15, -0.1) is 0 Å². The summed E-state index contributed by atoms with van der Waals surface area (Å²) in [6.07, 6.45) is 3.55. The number of carbonyl (C=O) groups is 3. The van der Waals surface area contributed by atoms with Crippen LogP contribution in [0.1, 0.15) is 64.2 Å². The summed E-state index contributed by atoms with van der Waals surface area (Å²) >= 11 is 9.99. The molecule has 3 atom stereocenters. The molecular weight excluding hydrogens is 592 g/mol. The van der Waals surface area contributed by atoms with Crippen LogP contribution in [0.25, 0.3) is 0 Å². The molecule has 1 saturated heterocycles. The van der Waals surface area contributed by atoms with Gasteiger partial charge in [0.05, 0.1) is 13.0 Å². The van der Waals surface area contributed by atoms with E-state index in [2.05, 4.69) is 47.8 Å². The zero-order chi connectivity index (χ0) is 22.2. The minimum Gasteiger partial charge on any atom is -0.458 e. The van der Waals surface area contributed by atoms with Crippen molar-refractivity contribution < 1.29 is 33.3 Å². The second kappa shape index (κ2) is 17.4. The Morgan fingerprint density at radius 3 is 1.57 bits per heavy atom. The highest BCUT2D eigenvalue weighted by molar-refractivity contribution is 9.09. The van der Waals surface area contributed by atoms with Gasteiger partial charge in [0.2, 0.25) is 6.29 Å². The van der Waals surface area contributed by atoms with Gasteiger partial charge in [0, 0.05) is 35.3 Å². The molecular formula is C20H31Br3O7. The third-order valence-electron chi connectivity index (χ3n) is 4.41. The van der Waals surface area contributed by atoms with Gasteiger partial charge in [0.15, 0.2) is 6.10 Å². The molecule has 30 heavy (non-hydrogen) atoms. The van der Waals surface area contributed by atoms with Crippen LogP contribution in [0, 0.1) is 0 Å². The summed E-state index contributed by atoms with van der Waals surface area (Å²) in [6.45, 7) is 0.0167. The van der Waals surface area contributed by atoms with Crippen molar-refractivity contribution in [2.24, 2.45) is 0 Å². The van der Waals surface area contributed by atoms with Crippen LogP contribution in [-0.4, -0.2) is 59.0 Å². The van der Waals surface area contributed by atoms with Crippen molar-refractivity contribution in [3.8, 4) is 0 Å². The van der Waals surface area contributed by atoms with Crippen LogP contribution in [-0.2, 0) is 33.3 Å². The van der Waals surface area contributed by atoms with E-state index in [1.807, 2.05) is 0 Å². The van der Waals surface area contributed by atoms with Crippen LogP contribution in [0.2, 0.25) is 0 Å². The Kier molecular flexibility index (Phi) is 16.1. The number of carbonyl (C=O) groups excluding carboxylic acids is 3. The fourth-order valence-corrected chi connectivity index (χ4v) is 3.98. The number of unbranched alkanes of at least 4 members (excludes halogenated alkanes) is 3. The van der Waals surface area contributed by atoms with Crippen molar-refractivity contribution in [3.63, 3.8) is 0 Å². The molecule has 1 aliphatic rings. The second-order valence-corrected chi connectivity index (χ2v) is 9.36. The first-order chi connectivity index (χ1) is 14.5. The molecule has 0 N–H and O–H groups in total. The molecule has 0 bridgehead atoms. The molecule has 1 rings (SSSR count). The van der Waals surface area contributed by atoms with Gasteiger partial charge in [0.1, 0.15) is 6.10 Å². The first kappa shape index (κ1) is 27.8. The van der Waals surface area contributed by atoms with Crippen LogP contribution in [0.15, 0.2) is 0 Å². The summed E-state index contributed by atoms with van der Waals surface area (Å²) in [6, 6.07) is 0. The van der Waals surface area contributed by atoms with E-state index in [0.717, 1.165) is 41.7 Å². The highest BCUT2D eigenvalue weighted by Crippen LogP contribution is 2.23. The average Bonchev–Trinajstić information content (AvgIpc) is 2.70. The van der Waals surface area contributed by atoms with Gasteiger partial charge in [-0.1, -0.05) is 47.8 Å². The number of rotatable bonds is 15. The van der Waals surface area contributed by atoms with Crippen LogP contribution < -0.4 is 0 Å². The summed E-state index contributed by atoms with van der Waals surface area (Å²) in [5, 5.41) is 2.47. The van der Waals surface area contributed by atoms with Crippen molar-refractivity contribution >= 4 is 65.7 Å². The van der Waals surface area contributed by atoms with Crippen molar-refractivity contribution in [2.45, 2.75) is 82.7 Å². The topological polar surface area (TPSA) is 88.1 Å². The number of ether oxygens (including phenoxy) is 4. The molecule has 10 heteroatoms. The van der Waals surface area contributed by atoms with Gasteiger partial charge in [-0.05, 0) is 38.5 Å². The predicted octanol–water partition coefficient (Wildman–Crippen LogP) is 4.80. The van der Waals surface area contributed by atoms with Crippen molar-refractivity contribution in [3.05, 3.63) is 0 Å². The quantitative estimate of drug-likeness (QED) is 0.112.